The highest BCUT2D eigenvalue weighted by molar-refractivity contribution is 5.71. The topological polar surface area (TPSA) is 102 Å². The third-order valence-corrected chi connectivity index (χ3v) is 2.42. The largest absolute Gasteiger partial charge is 0.481 e. The fourth-order valence-electron chi connectivity index (χ4n) is 1.26. The Kier molecular flexibility index (Phi) is 10.1. The van der Waals surface area contributed by atoms with Crippen LogP contribution in [0.2, 0.25) is 0 Å². The van der Waals surface area contributed by atoms with E-state index in [9.17, 15) is 9.59 Å². The van der Waals surface area contributed by atoms with Crippen molar-refractivity contribution in [2.75, 3.05) is 20.3 Å². The molecule has 0 spiro atoms. The normalized spacial score (nSPS) is 13.8. The molecule has 0 bridgehead atoms. The van der Waals surface area contributed by atoms with Crippen LogP contribution in [0.5, 0.6) is 0 Å². The first-order chi connectivity index (χ1) is 9.03. The molecular weight excluding hydrogens is 256 g/mol. The fourth-order valence-corrected chi connectivity index (χ4v) is 1.26. The maximum Gasteiger partial charge on any atom is 0.305 e. The average Bonchev–Trinajstić information content (AvgIpc) is 2.38. The van der Waals surface area contributed by atoms with E-state index in [-0.39, 0.29) is 38.6 Å². The molecule has 2 N–H and O–H groups in total. The third-order valence-electron chi connectivity index (χ3n) is 2.42. The highest BCUT2D eigenvalue weighted by Gasteiger charge is 2.16. The quantitative estimate of drug-likeness (QED) is 0.420. The smallest absolute Gasteiger partial charge is 0.305 e. The molecule has 0 heterocycles. The molecule has 2 atom stereocenters. The van der Waals surface area contributed by atoms with Crippen LogP contribution in [-0.2, 0) is 23.8 Å². The number of carboxylic acids is 1. The molecule has 7 nitrogen and oxygen atoms in total. The molecule has 112 valence electrons. The second-order valence-electron chi connectivity index (χ2n) is 3.94. The number of methoxy groups -OCH3 is 1. The first-order valence-corrected chi connectivity index (χ1v) is 6.20. The molecule has 0 amide bonds. The summed E-state index contributed by atoms with van der Waals surface area (Å²) in [5, 5.41) is 17.4. The Bertz CT molecular complexity index is 263. The highest BCUT2D eigenvalue weighted by atomic mass is 16.7. The minimum atomic E-state index is -0.945. The van der Waals surface area contributed by atoms with Crippen LogP contribution in [0, 0.1) is 0 Å². The van der Waals surface area contributed by atoms with Crippen molar-refractivity contribution in [2.24, 2.45) is 0 Å². The van der Waals surface area contributed by atoms with Crippen LogP contribution in [0.3, 0.4) is 0 Å². The Morgan fingerprint density at radius 2 is 1.95 bits per heavy atom. The van der Waals surface area contributed by atoms with Crippen molar-refractivity contribution in [1.29, 1.82) is 0 Å². The third kappa shape index (κ3) is 9.40. The summed E-state index contributed by atoms with van der Waals surface area (Å²) in [5.41, 5.74) is 0. The monoisotopic (exact) mass is 278 g/mol. The van der Waals surface area contributed by atoms with E-state index in [1.54, 1.807) is 0 Å². The summed E-state index contributed by atoms with van der Waals surface area (Å²) >= 11 is 0. The number of aliphatic hydroxyl groups excluding tert-OH is 1. The lowest BCUT2D eigenvalue weighted by atomic mass is 10.2. The summed E-state index contributed by atoms with van der Waals surface area (Å²) in [5.74, 6) is -1.44. The molecular formula is C12H22O7. The van der Waals surface area contributed by atoms with Gasteiger partial charge in [0.2, 0.25) is 0 Å². The lowest BCUT2D eigenvalue weighted by Crippen LogP contribution is -2.30. The van der Waals surface area contributed by atoms with Crippen LogP contribution >= 0.6 is 0 Å². The molecule has 0 rings (SSSR count). The lowest BCUT2D eigenvalue weighted by molar-refractivity contribution is -0.194. The maximum atomic E-state index is 11.3. The first kappa shape index (κ1) is 17.8. The van der Waals surface area contributed by atoms with E-state index in [2.05, 4.69) is 0 Å². The number of aliphatic carboxylic acids is 1. The lowest BCUT2D eigenvalue weighted by Gasteiger charge is -2.21. The van der Waals surface area contributed by atoms with Crippen molar-refractivity contribution in [2.45, 2.75) is 45.0 Å². The predicted octanol–water partition coefficient (Wildman–Crippen LogP) is 0.544. The van der Waals surface area contributed by atoms with Crippen molar-refractivity contribution in [3.8, 4) is 0 Å². The van der Waals surface area contributed by atoms with Gasteiger partial charge in [0.05, 0.1) is 12.7 Å². The number of aliphatic hydroxyl groups is 1. The van der Waals surface area contributed by atoms with Gasteiger partial charge in [-0.2, -0.15) is 0 Å². The van der Waals surface area contributed by atoms with Gasteiger partial charge in [-0.15, -0.1) is 0 Å². The van der Waals surface area contributed by atoms with Crippen molar-refractivity contribution in [3.05, 3.63) is 0 Å². The Hall–Kier alpha value is -1.18. The summed E-state index contributed by atoms with van der Waals surface area (Å²) in [6, 6.07) is 0. The summed E-state index contributed by atoms with van der Waals surface area (Å²) in [4.78, 5) is 21.6. The SMILES string of the molecule is CCC(CO)OC(COC(=O)CCCC(=O)O)OC. The summed E-state index contributed by atoms with van der Waals surface area (Å²) in [6.45, 7) is 1.63. The van der Waals surface area contributed by atoms with E-state index >= 15 is 0 Å². The number of hydrogen-bond donors (Lipinski definition) is 2. The Morgan fingerprint density at radius 1 is 1.26 bits per heavy atom. The zero-order valence-electron chi connectivity index (χ0n) is 11.3. The predicted molar refractivity (Wildman–Crippen MR) is 65.5 cm³/mol. The molecule has 0 aliphatic carbocycles. The van der Waals surface area contributed by atoms with Crippen molar-refractivity contribution in [1.82, 2.24) is 0 Å². The number of esters is 1. The Labute approximate surface area is 112 Å². The number of carbonyl (C=O) groups is 2. The molecule has 0 fully saturated rings. The number of hydrogen-bond acceptors (Lipinski definition) is 6. The number of ether oxygens (including phenoxy) is 3. The number of carbonyl (C=O) groups excluding carboxylic acids is 1. The van der Waals surface area contributed by atoms with Gasteiger partial charge in [0.15, 0.2) is 6.29 Å². The van der Waals surface area contributed by atoms with E-state index in [0.717, 1.165) is 0 Å². The van der Waals surface area contributed by atoms with E-state index in [1.807, 2.05) is 6.92 Å². The molecule has 0 aromatic carbocycles. The molecule has 0 aromatic rings. The minimum Gasteiger partial charge on any atom is -0.481 e. The van der Waals surface area contributed by atoms with Crippen LogP contribution in [0.25, 0.3) is 0 Å². The van der Waals surface area contributed by atoms with Crippen LogP contribution in [-0.4, -0.2) is 54.9 Å². The zero-order chi connectivity index (χ0) is 14.7. The molecule has 0 radical (unpaired) electrons. The molecule has 0 aliphatic rings. The minimum absolute atomic E-state index is 0.0416. The second-order valence-corrected chi connectivity index (χ2v) is 3.94. The molecule has 7 heteroatoms. The molecule has 0 saturated carbocycles. The zero-order valence-corrected chi connectivity index (χ0v) is 11.3. The van der Waals surface area contributed by atoms with E-state index in [4.69, 9.17) is 24.4 Å². The van der Waals surface area contributed by atoms with Gasteiger partial charge in [-0.3, -0.25) is 9.59 Å². The highest BCUT2D eigenvalue weighted by Crippen LogP contribution is 2.05. The number of rotatable bonds is 11. The Morgan fingerprint density at radius 3 is 2.42 bits per heavy atom. The van der Waals surface area contributed by atoms with Gasteiger partial charge in [-0.25, -0.2) is 0 Å². The fraction of sp³-hybridized carbons (Fsp3) is 0.833. The van der Waals surface area contributed by atoms with E-state index < -0.39 is 18.2 Å². The molecule has 0 saturated heterocycles. The molecule has 0 aromatic heterocycles. The molecule has 0 aliphatic heterocycles. The van der Waals surface area contributed by atoms with Crippen molar-refractivity contribution >= 4 is 11.9 Å². The van der Waals surface area contributed by atoms with Crippen LogP contribution in [0.4, 0.5) is 0 Å². The van der Waals surface area contributed by atoms with Crippen LogP contribution < -0.4 is 0 Å². The van der Waals surface area contributed by atoms with Crippen molar-refractivity contribution < 1.29 is 34.0 Å². The number of carboxylic acid groups (broad SMARTS) is 1. The van der Waals surface area contributed by atoms with Gasteiger partial charge in [-0.1, -0.05) is 6.92 Å². The van der Waals surface area contributed by atoms with Gasteiger partial charge in [-0.05, 0) is 12.8 Å². The Balaban J connectivity index is 3.86. The van der Waals surface area contributed by atoms with E-state index in [1.165, 1.54) is 7.11 Å². The maximum absolute atomic E-state index is 11.3. The standard InChI is InChI=1S/C12H22O7/c1-3-9(7-13)19-12(17-2)8-18-11(16)6-4-5-10(14)15/h9,12-13H,3-8H2,1-2H3,(H,14,15). The van der Waals surface area contributed by atoms with Gasteiger partial charge in [0, 0.05) is 20.0 Å². The first-order valence-electron chi connectivity index (χ1n) is 6.20. The van der Waals surface area contributed by atoms with Gasteiger partial charge >= 0.3 is 11.9 Å². The van der Waals surface area contributed by atoms with E-state index in [0.29, 0.717) is 6.42 Å². The van der Waals surface area contributed by atoms with Gasteiger partial charge < -0.3 is 24.4 Å². The summed E-state index contributed by atoms with van der Waals surface area (Å²) < 4.78 is 15.2. The average molecular weight is 278 g/mol. The van der Waals surface area contributed by atoms with Gasteiger partial charge in [0.25, 0.3) is 0 Å². The summed E-state index contributed by atoms with van der Waals surface area (Å²) in [6.07, 6.45) is -0.276. The van der Waals surface area contributed by atoms with Crippen LogP contribution in [0.1, 0.15) is 32.6 Å². The molecule has 19 heavy (non-hydrogen) atoms. The van der Waals surface area contributed by atoms with Crippen molar-refractivity contribution in [3.63, 3.8) is 0 Å². The summed E-state index contributed by atoms with van der Waals surface area (Å²) in [7, 11) is 1.41. The molecule has 2 unspecified atom stereocenters. The second kappa shape index (κ2) is 10.7. The van der Waals surface area contributed by atoms with Gasteiger partial charge in [0.1, 0.15) is 6.61 Å². The van der Waals surface area contributed by atoms with Crippen LogP contribution in [0.15, 0.2) is 0 Å².